The van der Waals surface area contributed by atoms with Gasteiger partial charge in [0.1, 0.15) is 0 Å². The number of aryl methyl sites for hydroxylation is 3. The maximum Gasteiger partial charge on any atom is 0.0798 e. The van der Waals surface area contributed by atoms with Gasteiger partial charge in [0.05, 0.1) is 16.9 Å². The maximum atomic E-state index is 4.52. The van der Waals surface area contributed by atoms with Crippen molar-refractivity contribution in [3.8, 4) is 0 Å². The summed E-state index contributed by atoms with van der Waals surface area (Å²) in [5.74, 6) is 0. The summed E-state index contributed by atoms with van der Waals surface area (Å²) >= 11 is 1.73. The monoisotopic (exact) mass is 278 g/mol. The molecule has 2 heterocycles. The zero-order valence-corrected chi connectivity index (χ0v) is 12.9. The number of hydrogen-bond acceptors (Lipinski definition) is 4. The molecule has 0 bridgehead atoms. The first kappa shape index (κ1) is 14.2. The molecule has 0 aromatic carbocycles. The van der Waals surface area contributed by atoms with Crippen LogP contribution in [0.2, 0.25) is 0 Å². The molecule has 2 aromatic rings. The van der Waals surface area contributed by atoms with Crippen LogP contribution < -0.4 is 5.32 Å². The van der Waals surface area contributed by atoms with E-state index in [4.69, 9.17) is 0 Å². The lowest BCUT2D eigenvalue weighted by Gasteiger charge is -2.17. The fourth-order valence-electron chi connectivity index (χ4n) is 2.29. The molecule has 104 valence electrons. The Bertz CT molecular complexity index is 529. The zero-order valence-electron chi connectivity index (χ0n) is 12.1. The van der Waals surface area contributed by atoms with E-state index in [2.05, 4.69) is 42.2 Å². The van der Waals surface area contributed by atoms with Gasteiger partial charge in [-0.15, -0.1) is 11.3 Å². The van der Waals surface area contributed by atoms with Crippen LogP contribution in [0, 0.1) is 6.92 Å². The maximum absolute atomic E-state index is 4.52. The van der Waals surface area contributed by atoms with Gasteiger partial charge in [0.25, 0.3) is 0 Å². The van der Waals surface area contributed by atoms with E-state index in [0.29, 0.717) is 6.04 Å². The summed E-state index contributed by atoms with van der Waals surface area (Å²) in [6.45, 7) is 7.32. The molecule has 4 nitrogen and oxygen atoms in total. The molecule has 1 unspecified atom stereocenters. The van der Waals surface area contributed by atoms with Crippen molar-refractivity contribution in [2.45, 2.75) is 39.7 Å². The third-order valence-electron chi connectivity index (χ3n) is 3.35. The van der Waals surface area contributed by atoms with Crippen molar-refractivity contribution < 1.29 is 0 Å². The average molecular weight is 278 g/mol. The molecule has 0 aliphatic rings. The molecule has 2 rings (SSSR count). The Morgan fingerprint density at radius 2 is 2.21 bits per heavy atom. The normalized spacial score (nSPS) is 12.8. The molecule has 0 fully saturated rings. The summed E-state index contributed by atoms with van der Waals surface area (Å²) in [6.07, 6.45) is 1.94. The van der Waals surface area contributed by atoms with Crippen molar-refractivity contribution >= 4 is 11.3 Å². The Hall–Kier alpha value is -1.20. The van der Waals surface area contributed by atoms with Crippen LogP contribution in [0.15, 0.2) is 11.6 Å². The molecule has 19 heavy (non-hydrogen) atoms. The van der Waals surface area contributed by atoms with E-state index in [1.807, 2.05) is 17.2 Å². The SMILES string of the molecule is CCNC(Cc1cc(CC)nn1C)c1scnc1C. The standard InChI is InChI=1S/C14H22N4S/c1-5-11-7-12(18(4)17-11)8-13(15-6-2)14-10(3)16-9-19-14/h7,9,13,15H,5-6,8H2,1-4H3. The van der Waals surface area contributed by atoms with Crippen LogP contribution in [0.1, 0.15) is 41.8 Å². The quantitative estimate of drug-likeness (QED) is 0.883. The molecule has 0 radical (unpaired) electrons. The van der Waals surface area contributed by atoms with Crippen LogP contribution in [0.4, 0.5) is 0 Å². The second kappa shape index (κ2) is 6.30. The number of thiazole rings is 1. The summed E-state index contributed by atoms with van der Waals surface area (Å²) in [6, 6.07) is 2.54. The van der Waals surface area contributed by atoms with Gasteiger partial charge in [-0.25, -0.2) is 4.98 Å². The average Bonchev–Trinajstić information content (AvgIpc) is 2.96. The highest BCUT2D eigenvalue weighted by Gasteiger charge is 2.18. The molecule has 0 spiro atoms. The second-order valence-corrected chi connectivity index (χ2v) is 5.61. The van der Waals surface area contributed by atoms with Gasteiger partial charge in [-0.3, -0.25) is 4.68 Å². The summed E-state index contributed by atoms with van der Waals surface area (Å²) in [7, 11) is 2.02. The molecule has 2 aromatic heterocycles. The van der Waals surface area contributed by atoms with Gasteiger partial charge < -0.3 is 5.32 Å². The number of nitrogens with one attached hydrogen (secondary N) is 1. The van der Waals surface area contributed by atoms with Gasteiger partial charge in [-0.05, 0) is 26.0 Å². The Morgan fingerprint density at radius 1 is 1.42 bits per heavy atom. The molecule has 0 saturated carbocycles. The van der Waals surface area contributed by atoms with Crippen LogP contribution in [0.25, 0.3) is 0 Å². The predicted molar refractivity (Wildman–Crippen MR) is 79.6 cm³/mol. The number of likely N-dealkylation sites (N-methyl/N-ethyl adjacent to an activating group) is 1. The van der Waals surface area contributed by atoms with Crippen molar-refractivity contribution in [2.75, 3.05) is 6.54 Å². The van der Waals surface area contributed by atoms with Crippen LogP contribution in [0.5, 0.6) is 0 Å². The third-order valence-corrected chi connectivity index (χ3v) is 4.40. The first-order valence-electron chi connectivity index (χ1n) is 6.80. The van der Waals surface area contributed by atoms with Crippen molar-refractivity contribution in [3.05, 3.63) is 33.5 Å². The number of rotatable bonds is 6. The van der Waals surface area contributed by atoms with Crippen LogP contribution >= 0.6 is 11.3 Å². The number of aromatic nitrogens is 3. The molecule has 0 aliphatic heterocycles. The van der Waals surface area contributed by atoms with Gasteiger partial charge in [0, 0.05) is 30.1 Å². The summed E-state index contributed by atoms with van der Waals surface area (Å²) in [5.41, 5.74) is 5.49. The largest absolute Gasteiger partial charge is 0.309 e. The number of hydrogen-bond donors (Lipinski definition) is 1. The Balaban J connectivity index is 2.21. The van der Waals surface area contributed by atoms with Crippen molar-refractivity contribution in [3.63, 3.8) is 0 Å². The lowest BCUT2D eigenvalue weighted by molar-refractivity contribution is 0.533. The lowest BCUT2D eigenvalue weighted by Crippen LogP contribution is -2.23. The minimum atomic E-state index is 0.331. The van der Waals surface area contributed by atoms with E-state index in [1.54, 1.807) is 11.3 Å². The van der Waals surface area contributed by atoms with E-state index in [9.17, 15) is 0 Å². The molecule has 0 saturated heterocycles. The first-order chi connectivity index (χ1) is 9.15. The van der Waals surface area contributed by atoms with Crippen LogP contribution in [0.3, 0.4) is 0 Å². The summed E-state index contributed by atoms with van der Waals surface area (Å²) < 4.78 is 2.00. The minimum Gasteiger partial charge on any atom is -0.309 e. The second-order valence-electron chi connectivity index (χ2n) is 4.72. The fourth-order valence-corrected chi connectivity index (χ4v) is 3.17. The van der Waals surface area contributed by atoms with Gasteiger partial charge in [0.15, 0.2) is 0 Å². The Kier molecular flexibility index (Phi) is 4.71. The molecular formula is C14H22N4S. The fraction of sp³-hybridized carbons (Fsp3) is 0.571. The summed E-state index contributed by atoms with van der Waals surface area (Å²) in [4.78, 5) is 5.70. The van der Waals surface area contributed by atoms with Gasteiger partial charge in [0.2, 0.25) is 0 Å². The van der Waals surface area contributed by atoms with E-state index in [0.717, 1.165) is 30.8 Å². The lowest BCUT2D eigenvalue weighted by atomic mass is 10.1. The highest BCUT2D eigenvalue weighted by Crippen LogP contribution is 2.25. The van der Waals surface area contributed by atoms with Gasteiger partial charge in [-0.1, -0.05) is 13.8 Å². The van der Waals surface area contributed by atoms with Crippen LogP contribution in [-0.4, -0.2) is 21.3 Å². The molecular weight excluding hydrogens is 256 g/mol. The highest BCUT2D eigenvalue weighted by atomic mass is 32.1. The molecule has 1 N–H and O–H groups in total. The Morgan fingerprint density at radius 3 is 2.74 bits per heavy atom. The zero-order chi connectivity index (χ0) is 13.8. The first-order valence-corrected chi connectivity index (χ1v) is 7.68. The minimum absolute atomic E-state index is 0.331. The molecule has 5 heteroatoms. The summed E-state index contributed by atoms with van der Waals surface area (Å²) in [5, 5.41) is 8.08. The van der Waals surface area contributed by atoms with E-state index in [1.165, 1.54) is 10.6 Å². The molecule has 0 amide bonds. The van der Waals surface area contributed by atoms with E-state index >= 15 is 0 Å². The Labute approximate surface area is 118 Å². The third kappa shape index (κ3) is 3.22. The number of nitrogens with zero attached hydrogens (tertiary/aromatic N) is 3. The van der Waals surface area contributed by atoms with Crippen molar-refractivity contribution in [1.29, 1.82) is 0 Å². The van der Waals surface area contributed by atoms with Crippen LogP contribution in [-0.2, 0) is 19.9 Å². The van der Waals surface area contributed by atoms with Crippen molar-refractivity contribution in [1.82, 2.24) is 20.1 Å². The predicted octanol–water partition coefficient (Wildman–Crippen LogP) is 2.64. The van der Waals surface area contributed by atoms with Gasteiger partial charge in [-0.2, -0.15) is 5.10 Å². The van der Waals surface area contributed by atoms with E-state index < -0.39 is 0 Å². The highest BCUT2D eigenvalue weighted by molar-refractivity contribution is 7.09. The van der Waals surface area contributed by atoms with E-state index in [-0.39, 0.29) is 0 Å². The molecule has 1 atom stereocenters. The topological polar surface area (TPSA) is 42.7 Å². The molecule has 0 aliphatic carbocycles. The van der Waals surface area contributed by atoms with Crippen molar-refractivity contribution in [2.24, 2.45) is 7.05 Å². The van der Waals surface area contributed by atoms with Gasteiger partial charge >= 0.3 is 0 Å². The smallest absolute Gasteiger partial charge is 0.0798 e.